The number of hydrogen-bond acceptors (Lipinski definition) is 2. The number of likely N-dealkylation sites (tertiary alicyclic amines) is 1. The Labute approximate surface area is 164 Å². The van der Waals surface area contributed by atoms with Gasteiger partial charge in [0, 0.05) is 30.5 Å². The Balaban J connectivity index is 2.00. The Morgan fingerprint density at radius 3 is 2.46 bits per heavy atom. The van der Waals surface area contributed by atoms with Crippen molar-refractivity contribution < 1.29 is 22.8 Å². The van der Waals surface area contributed by atoms with Gasteiger partial charge in [0.25, 0.3) is 0 Å². The average Bonchev–Trinajstić information content (AvgIpc) is 2.55. The van der Waals surface area contributed by atoms with E-state index in [1.54, 1.807) is 38.8 Å². The average molecular weight is 400 g/mol. The molecular weight excluding hydrogens is 369 g/mol. The molecule has 0 aromatic carbocycles. The molecule has 1 saturated carbocycles. The Bertz CT molecular complexity index is 695. The van der Waals surface area contributed by atoms with E-state index >= 15 is 0 Å². The third kappa shape index (κ3) is 3.57. The number of allylic oxidation sites excluding steroid dienone is 1. The van der Waals surface area contributed by atoms with Crippen LogP contribution in [0.3, 0.4) is 0 Å². The summed E-state index contributed by atoms with van der Waals surface area (Å²) in [5.74, 6) is -3.61. The number of hydrogen-bond donors (Lipinski definition) is 1. The molecule has 2 aliphatic carbocycles. The van der Waals surface area contributed by atoms with Crippen molar-refractivity contribution in [3.8, 4) is 0 Å². The van der Waals surface area contributed by atoms with E-state index in [-0.39, 0.29) is 23.8 Å². The third-order valence-corrected chi connectivity index (χ3v) is 6.94. The van der Waals surface area contributed by atoms with E-state index in [0.29, 0.717) is 25.7 Å². The molecule has 0 radical (unpaired) electrons. The van der Waals surface area contributed by atoms with Crippen LogP contribution in [0, 0.1) is 23.2 Å². The van der Waals surface area contributed by atoms with Crippen molar-refractivity contribution in [2.45, 2.75) is 77.6 Å². The molecular formula is C21H31F3N2O2. The van der Waals surface area contributed by atoms with Crippen molar-refractivity contribution in [1.29, 1.82) is 0 Å². The Morgan fingerprint density at radius 1 is 1.25 bits per heavy atom. The largest absolute Gasteiger partial charge is 0.392 e. The highest BCUT2D eigenvalue weighted by Gasteiger charge is 2.58. The van der Waals surface area contributed by atoms with Gasteiger partial charge in [0.15, 0.2) is 0 Å². The summed E-state index contributed by atoms with van der Waals surface area (Å²) in [5, 5.41) is 2.79. The normalized spacial score (nSPS) is 36.4. The van der Waals surface area contributed by atoms with Gasteiger partial charge in [-0.25, -0.2) is 0 Å². The fourth-order valence-electron chi connectivity index (χ4n) is 5.67. The van der Waals surface area contributed by atoms with Crippen molar-refractivity contribution in [1.82, 2.24) is 10.2 Å². The van der Waals surface area contributed by atoms with Gasteiger partial charge in [-0.2, -0.15) is 13.2 Å². The van der Waals surface area contributed by atoms with Gasteiger partial charge in [0.05, 0.1) is 11.8 Å². The van der Waals surface area contributed by atoms with Gasteiger partial charge in [0.1, 0.15) is 0 Å². The SMILES string of the molecule is CN1C(=O)CC[C@]2(C)C3=CCC(C(F)(F)F)C(C(=O)NC(C)(C)C)C3CCC12. The molecule has 0 aromatic heterocycles. The maximum absolute atomic E-state index is 13.8. The number of nitrogens with zero attached hydrogens (tertiary/aromatic N) is 1. The quantitative estimate of drug-likeness (QED) is 0.675. The second-order valence-electron chi connectivity index (χ2n) is 9.93. The molecule has 28 heavy (non-hydrogen) atoms. The van der Waals surface area contributed by atoms with E-state index in [4.69, 9.17) is 0 Å². The summed E-state index contributed by atoms with van der Waals surface area (Å²) in [4.78, 5) is 26.9. The van der Waals surface area contributed by atoms with Crippen LogP contribution >= 0.6 is 0 Å². The predicted octanol–water partition coefficient (Wildman–Crippen LogP) is 4.06. The smallest absolute Gasteiger partial charge is 0.351 e. The summed E-state index contributed by atoms with van der Waals surface area (Å²) in [6, 6.07) is -0.00925. The molecule has 5 atom stereocenters. The van der Waals surface area contributed by atoms with Gasteiger partial charge in [-0.1, -0.05) is 18.6 Å². The van der Waals surface area contributed by atoms with Crippen molar-refractivity contribution in [3.05, 3.63) is 11.6 Å². The van der Waals surface area contributed by atoms with Gasteiger partial charge in [-0.05, 0) is 52.4 Å². The Hall–Kier alpha value is -1.53. The van der Waals surface area contributed by atoms with Crippen LogP contribution in [0.2, 0.25) is 0 Å². The summed E-state index contributed by atoms with van der Waals surface area (Å²) < 4.78 is 41.5. The first kappa shape index (κ1) is 21.2. The zero-order valence-corrected chi connectivity index (χ0v) is 17.3. The third-order valence-electron chi connectivity index (χ3n) is 6.94. The first-order chi connectivity index (χ1) is 12.8. The summed E-state index contributed by atoms with van der Waals surface area (Å²) in [5.41, 5.74) is 0.00730. The number of carbonyl (C=O) groups is 2. The lowest BCUT2D eigenvalue weighted by atomic mass is 9.54. The minimum absolute atomic E-state index is 0.00925. The standard InChI is InChI=1S/C21H31F3N2O2/c1-19(2,3)25-18(28)17-12-6-9-15-20(4,11-10-16(27)26(15)5)13(12)7-8-14(17)21(22,23)24/h7,12,14-15,17H,6,8-11H2,1-5H3,(H,25,28)/t12?,14?,15?,17?,20-/m1/s1. The maximum Gasteiger partial charge on any atom is 0.392 e. The van der Waals surface area contributed by atoms with Crippen LogP contribution in [-0.2, 0) is 9.59 Å². The van der Waals surface area contributed by atoms with Crippen LogP contribution in [-0.4, -0.2) is 41.5 Å². The molecule has 0 bridgehead atoms. The predicted molar refractivity (Wildman–Crippen MR) is 100 cm³/mol. The summed E-state index contributed by atoms with van der Waals surface area (Å²) >= 11 is 0. The van der Waals surface area contributed by atoms with Crippen LogP contribution in [0.5, 0.6) is 0 Å². The van der Waals surface area contributed by atoms with Crippen molar-refractivity contribution in [2.75, 3.05) is 7.05 Å². The fourth-order valence-corrected chi connectivity index (χ4v) is 5.67. The van der Waals surface area contributed by atoms with E-state index in [2.05, 4.69) is 12.2 Å². The van der Waals surface area contributed by atoms with Crippen LogP contribution in [0.1, 0.15) is 59.8 Å². The fraction of sp³-hybridized carbons (Fsp3) is 0.810. The highest BCUT2D eigenvalue weighted by molar-refractivity contribution is 5.81. The summed E-state index contributed by atoms with van der Waals surface area (Å²) in [6.07, 6.45) is -0.693. The Kier molecular flexibility index (Phi) is 5.12. The number of amides is 2. The second-order valence-corrected chi connectivity index (χ2v) is 9.93. The molecule has 2 amide bonds. The minimum atomic E-state index is -4.42. The van der Waals surface area contributed by atoms with Crippen molar-refractivity contribution >= 4 is 11.8 Å². The lowest BCUT2D eigenvalue weighted by Crippen LogP contribution is -2.59. The highest BCUT2D eigenvalue weighted by Crippen LogP contribution is 2.57. The molecule has 4 nitrogen and oxygen atoms in total. The molecule has 3 aliphatic rings. The molecule has 3 rings (SSSR count). The molecule has 2 fully saturated rings. The van der Waals surface area contributed by atoms with Crippen molar-refractivity contribution in [2.24, 2.45) is 23.2 Å². The lowest BCUT2D eigenvalue weighted by Gasteiger charge is -2.56. The van der Waals surface area contributed by atoms with Gasteiger partial charge >= 0.3 is 6.18 Å². The van der Waals surface area contributed by atoms with Gasteiger partial charge in [-0.15, -0.1) is 0 Å². The van der Waals surface area contributed by atoms with E-state index in [0.717, 1.165) is 5.57 Å². The van der Waals surface area contributed by atoms with E-state index in [9.17, 15) is 22.8 Å². The number of fused-ring (bicyclic) bond motifs is 3. The zero-order chi connectivity index (χ0) is 21.1. The topological polar surface area (TPSA) is 49.4 Å². The molecule has 0 aromatic rings. The highest BCUT2D eigenvalue weighted by atomic mass is 19.4. The van der Waals surface area contributed by atoms with Crippen molar-refractivity contribution in [3.63, 3.8) is 0 Å². The number of piperidine rings is 1. The second kappa shape index (κ2) is 6.77. The van der Waals surface area contributed by atoms with E-state index in [1.165, 1.54) is 0 Å². The zero-order valence-electron chi connectivity index (χ0n) is 17.3. The number of rotatable bonds is 1. The van der Waals surface area contributed by atoms with E-state index < -0.39 is 35.4 Å². The van der Waals surface area contributed by atoms with Crippen LogP contribution in [0.25, 0.3) is 0 Å². The molecule has 1 heterocycles. The number of nitrogens with one attached hydrogen (secondary N) is 1. The monoisotopic (exact) mass is 400 g/mol. The molecule has 158 valence electrons. The summed E-state index contributed by atoms with van der Waals surface area (Å²) in [7, 11) is 1.79. The number of alkyl halides is 3. The number of halogens is 3. The molecule has 7 heteroatoms. The molecule has 1 N–H and O–H groups in total. The first-order valence-electron chi connectivity index (χ1n) is 10.1. The summed E-state index contributed by atoms with van der Waals surface area (Å²) in [6.45, 7) is 7.41. The Morgan fingerprint density at radius 2 is 1.89 bits per heavy atom. The first-order valence-corrected chi connectivity index (χ1v) is 10.1. The molecule has 4 unspecified atom stereocenters. The lowest BCUT2D eigenvalue weighted by molar-refractivity contribution is -0.199. The van der Waals surface area contributed by atoms with Crippen LogP contribution in [0.15, 0.2) is 11.6 Å². The van der Waals surface area contributed by atoms with Gasteiger partial charge in [0.2, 0.25) is 11.8 Å². The van der Waals surface area contributed by atoms with E-state index in [1.807, 2.05) is 0 Å². The van der Waals surface area contributed by atoms with Gasteiger partial charge in [-0.3, -0.25) is 9.59 Å². The molecule has 1 aliphatic heterocycles. The van der Waals surface area contributed by atoms with Crippen LogP contribution in [0.4, 0.5) is 13.2 Å². The molecule has 1 saturated heterocycles. The number of carbonyl (C=O) groups excluding carboxylic acids is 2. The van der Waals surface area contributed by atoms with Gasteiger partial charge < -0.3 is 10.2 Å². The van der Waals surface area contributed by atoms with Crippen LogP contribution < -0.4 is 5.32 Å². The minimum Gasteiger partial charge on any atom is -0.351 e. The maximum atomic E-state index is 13.8. The molecule has 0 spiro atoms.